The van der Waals surface area contributed by atoms with Crippen LogP contribution in [0, 0.1) is 0 Å². The Kier molecular flexibility index (Phi) is 3.12. The lowest BCUT2D eigenvalue weighted by Crippen LogP contribution is -2.07. The Hall–Kier alpha value is -3.08. The summed E-state index contributed by atoms with van der Waals surface area (Å²) >= 11 is 0. The molecule has 3 aromatic heterocycles. The molecule has 23 heavy (non-hydrogen) atoms. The molecule has 4 rings (SSSR count). The van der Waals surface area contributed by atoms with Gasteiger partial charge in [-0.1, -0.05) is 12.1 Å². The molecule has 0 amide bonds. The van der Waals surface area contributed by atoms with Crippen molar-refractivity contribution in [2.75, 3.05) is 19.0 Å². The van der Waals surface area contributed by atoms with Gasteiger partial charge < -0.3 is 14.3 Å². The molecule has 0 aliphatic rings. The predicted octanol–water partition coefficient (Wildman–Crippen LogP) is 3.95. The standard InChI is InChI=1S/C18H16N4O/c1-22(2)14-5-3-12(4-6-14)13-9-15-16(18-19-7-8-23-18)11-21-17(15)20-10-13/h3-11H,1-2H3,(H,20,21). The van der Waals surface area contributed by atoms with E-state index in [1.54, 1.807) is 12.5 Å². The predicted molar refractivity (Wildman–Crippen MR) is 91.4 cm³/mol. The molecule has 1 aromatic carbocycles. The number of hydrogen-bond acceptors (Lipinski definition) is 4. The third kappa shape index (κ3) is 2.36. The Bertz CT molecular complexity index is 937. The van der Waals surface area contributed by atoms with Gasteiger partial charge in [0, 0.05) is 43.1 Å². The second kappa shape index (κ2) is 5.28. The topological polar surface area (TPSA) is 58.0 Å². The lowest BCUT2D eigenvalue weighted by molar-refractivity contribution is 0.575. The number of H-pyrrole nitrogens is 1. The van der Waals surface area contributed by atoms with Crippen molar-refractivity contribution in [2.45, 2.75) is 0 Å². The smallest absolute Gasteiger partial charge is 0.228 e. The number of hydrogen-bond donors (Lipinski definition) is 1. The van der Waals surface area contributed by atoms with Gasteiger partial charge in [-0.2, -0.15) is 0 Å². The number of aromatic amines is 1. The van der Waals surface area contributed by atoms with Gasteiger partial charge in [-0.15, -0.1) is 0 Å². The van der Waals surface area contributed by atoms with E-state index in [0.717, 1.165) is 27.7 Å². The number of aromatic nitrogens is 3. The molecule has 0 radical (unpaired) electrons. The van der Waals surface area contributed by atoms with E-state index in [2.05, 4.69) is 50.2 Å². The maximum atomic E-state index is 5.41. The highest BCUT2D eigenvalue weighted by molar-refractivity contribution is 5.93. The van der Waals surface area contributed by atoms with E-state index in [0.29, 0.717) is 5.89 Å². The van der Waals surface area contributed by atoms with Crippen LogP contribution in [0.5, 0.6) is 0 Å². The van der Waals surface area contributed by atoms with Gasteiger partial charge >= 0.3 is 0 Å². The first-order chi connectivity index (χ1) is 11.2. The zero-order valence-electron chi connectivity index (χ0n) is 12.9. The summed E-state index contributed by atoms with van der Waals surface area (Å²) in [6.45, 7) is 0. The van der Waals surface area contributed by atoms with Crippen LogP contribution in [0.25, 0.3) is 33.6 Å². The first-order valence-corrected chi connectivity index (χ1v) is 7.37. The molecular weight excluding hydrogens is 288 g/mol. The minimum atomic E-state index is 0.596. The van der Waals surface area contributed by atoms with E-state index in [4.69, 9.17) is 4.42 Å². The lowest BCUT2D eigenvalue weighted by atomic mass is 10.1. The summed E-state index contributed by atoms with van der Waals surface area (Å²) in [6, 6.07) is 10.5. The number of oxazole rings is 1. The highest BCUT2D eigenvalue weighted by atomic mass is 16.3. The van der Waals surface area contributed by atoms with E-state index in [9.17, 15) is 0 Å². The lowest BCUT2D eigenvalue weighted by Gasteiger charge is -2.12. The van der Waals surface area contributed by atoms with Crippen LogP contribution in [-0.2, 0) is 0 Å². The van der Waals surface area contributed by atoms with Crippen LogP contribution in [-0.4, -0.2) is 29.0 Å². The Balaban J connectivity index is 1.80. The van der Waals surface area contributed by atoms with Crippen LogP contribution >= 0.6 is 0 Å². The van der Waals surface area contributed by atoms with Crippen LogP contribution < -0.4 is 4.90 Å². The van der Waals surface area contributed by atoms with Crippen molar-refractivity contribution in [2.24, 2.45) is 0 Å². The second-order valence-corrected chi connectivity index (χ2v) is 5.60. The number of fused-ring (bicyclic) bond motifs is 1. The highest BCUT2D eigenvalue weighted by Gasteiger charge is 2.12. The molecule has 0 saturated carbocycles. The quantitative estimate of drug-likeness (QED) is 0.622. The third-order valence-electron chi connectivity index (χ3n) is 3.91. The molecule has 0 saturated heterocycles. The maximum absolute atomic E-state index is 5.41. The van der Waals surface area contributed by atoms with Crippen LogP contribution in [0.1, 0.15) is 0 Å². The van der Waals surface area contributed by atoms with Gasteiger partial charge in [0.05, 0.1) is 11.8 Å². The molecular formula is C18H16N4O. The molecule has 5 heteroatoms. The Morgan fingerprint density at radius 2 is 1.87 bits per heavy atom. The van der Waals surface area contributed by atoms with Gasteiger partial charge in [0.25, 0.3) is 0 Å². The van der Waals surface area contributed by atoms with Crippen molar-refractivity contribution >= 4 is 16.7 Å². The summed E-state index contributed by atoms with van der Waals surface area (Å²) in [5.41, 5.74) is 5.11. The summed E-state index contributed by atoms with van der Waals surface area (Å²) in [4.78, 5) is 14.0. The number of nitrogens with one attached hydrogen (secondary N) is 1. The minimum absolute atomic E-state index is 0.596. The van der Waals surface area contributed by atoms with E-state index < -0.39 is 0 Å². The molecule has 114 valence electrons. The summed E-state index contributed by atoms with van der Waals surface area (Å²) in [5, 5.41) is 1.00. The Morgan fingerprint density at radius 3 is 2.57 bits per heavy atom. The molecule has 3 heterocycles. The molecule has 0 bridgehead atoms. The van der Waals surface area contributed by atoms with E-state index in [-0.39, 0.29) is 0 Å². The average Bonchev–Trinajstić information content (AvgIpc) is 3.23. The molecule has 0 atom stereocenters. The van der Waals surface area contributed by atoms with Crippen LogP contribution in [0.3, 0.4) is 0 Å². The third-order valence-corrected chi connectivity index (χ3v) is 3.91. The fourth-order valence-corrected chi connectivity index (χ4v) is 2.65. The molecule has 0 fully saturated rings. The SMILES string of the molecule is CN(C)c1ccc(-c2cnc3[nH]cc(-c4ncco4)c3c2)cc1. The van der Waals surface area contributed by atoms with Gasteiger partial charge in [-0.05, 0) is 23.8 Å². The zero-order chi connectivity index (χ0) is 15.8. The van der Waals surface area contributed by atoms with Gasteiger partial charge in [0.1, 0.15) is 11.9 Å². The second-order valence-electron chi connectivity index (χ2n) is 5.60. The molecule has 0 aliphatic heterocycles. The molecule has 1 N–H and O–H groups in total. The first kappa shape index (κ1) is 13.6. The van der Waals surface area contributed by atoms with Crippen molar-refractivity contribution in [1.82, 2.24) is 15.0 Å². The maximum Gasteiger partial charge on any atom is 0.228 e. The number of benzene rings is 1. The number of rotatable bonds is 3. The summed E-state index contributed by atoms with van der Waals surface area (Å²) in [5.74, 6) is 0.596. The van der Waals surface area contributed by atoms with Crippen LogP contribution in [0.15, 0.2) is 59.6 Å². The molecule has 5 nitrogen and oxygen atoms in total. The monoisotopic (exact) mass is 304 g/mol. The van der Waals surface area contributed by atoms with Gasteiger partial charge in [0.15, 0.2) is 0 Å². The molecule has 0 spiro atoms. The highest BCUT2D eigenvalue weighted by Crippen LogP contribution is 2.30. The summed E-state index contributed by atoms with van der Waals surface area (Å²) in [6.07, 6.45) is 6.97. The summed E-state index contributed by atoms with van der Waals surface area (Å²) in [7, 11) is 4.07. The summed E-state index contributed by atoms with van der Waals surface area (Å²) < 4.78 is 5.41. The van der Waals surface area contributed by atoms with Crippen molar-refractivity contribution in [3.05, 3.63) is 55.2 Å². The Morgan fingerprint density at radius 1 is 1.04 bits per heavy atom. The zero-order valence-corrected chi connectivity index (χ0v) is 12.9. The van der Waals surface area contributed by atoms with Gasteiger partial charge in [-0.3, -0.25) is 0 Å². The number of nitrogens with zero attached hydrogens (tertiary/aromatic N) is 3. The minimum Gasteiger partial charge on any atom is -0.444 e. The van der Waals surface area contributed by atoms with Crippen molar-refractivity contribution < 1.29 is 4.42 Å². The molecule has 4 aromatic rings. The molecule has 0 unspecified atom stereocenters. The first-order valence-electron chi connectivity index (χ1n) is 7.37. The Labute approximate surface area is 133 Å². The van der Waals surface area contributed by atoms with Crippen LogP contribution in [0.2, 0.25) is 0 Å². The van der Waals surface area contributed by atoms with Crippen LogP contribution in [0.4, 0.5) is 5.69 Å². The van der Waals surface area contributed by atoms with E-state index in [1.807, 2.05) is 26.5 Å². The van der Waals surface area contributed by atoms with Gasteiger partial charge in [0.2, 0.25) is 5.89 Å². The van der Waals surface area contributed by atoms with Crippen molar-refractivity contribution in [3.8, 4) is 22.6 Å². The average molecular weight is 304 g/mol. The van der Waals surface area contributed by atoms with Gasteiger partial charge in [-0.25, -0.2) is 9.97 Å². The largest absolute Gasteiger partial charge is 0.444 e. The van der Waals surface area contributed by atoms with E-state index in [1.165, 1.54) is 5.69 Å². The molecule has 0 aliphatic carbocycles. The van der Waals surface area contributed by atoms with E-state index >= 15 is 0 Å². The number of anilines is 1. The van der Waals surface area contributed by atoms with Crippen molar-refractivity contribution in [3.63, 3.8) is 0 Å². The van der Waals surface area contributed by atoms with Crippen molar-refractivity contribution in [1.29, 1.82) is 0 Å². The fraction of sp³-hybridized carbons (Fsp3) is 0.111. The number of pyridine rings is 1. The fourth-order valence-electron chi connectivity index (χ4n) is 2.65. The normalized spacial score (nSPS) is 11.0.